The summed E-state index contributed by atoms with van der Waals surface area (Å²) in [6.45, 7) is 6.66. The number of benzene rings is 2. The Morgan fingerprint density at radius 1 is 1.14 bits per heavy atom. The smallest absolute Gasteiger partial charge is 0.252 e. The minimum absolute atomic E-state index is 0.0124. The Kier molecular flexibility index (Phi) is 5.52. The van der Waals surface area contributed by atoms with Crippen LogP contribution in [0.4, 0.5) is 0 Å². The van der Waals surface area contributed by atoms with Gasteiger partial charge in [-0.2, -0.15) is 10.1 Å². The van der Waals surface area contributed by atoms with Crippen molar-refractivity contribution in [3.05, 3.63) is 93.7 Å². The highest BCUT2D eigenvalue weighted by Crippen LogP contribution is 2.44. The third kappa shape index (κ3) is 3.57. The topological polar surface area (TPSA) is 79.2 Å². The van der Waals surface area contributed by atoms with Crippen LogP contribution in [0.25, 0.3) is 16.7 Å². The molecule has 1 aliphatic rings. The van der Waals surface area contributed by atoms with Gasteiger partial charge < -0.3 is 9.88 Å². The molecular formula is C28H27ClN6O. The fourth-order valence-corrected chi connectivity index (χ4v) is 5.98. The van der Waals surface area contributed by atoms with E-state index in [0.29, 0.717) is 25.2 Å². The van der Waals surface area contributed by atoms with Crippen LogP contribution < -0.4 is 0 Å². The monoisotopic (exact) mass is 498 g/mol. The summed E-state index contributed by atoms with van der Waals surface area (Å²) >= 11 is 6.69. The van der Waals surface area contributed by atoms with Crippen molar-refractivity contribution >= 4 is 34.2 Å². The molecule has 0 fully saturated rings. The molecule has 182 valence electrons. The second-order valence-corrected chi connectivity index (χ2v) is 9.93. The van der Waals surface area contributed by atoms with Gasteiger partial charge in [-0.1, -0.05) is 48.0 Å². The molecule has 2 aromatic carbocycles. The highest BCUT2D eigenvalue weighted by molar-refractivity contribution is 6.31. The molecule has 7 nitrogen and oxygen atoms in total. The molecule has 0 saturated heterocycles. The maximum Gasteiger partial charge on any atom is 0.252 e. The third-order valence-electron chi connectivity index (χ3n) is 7.57. The molecule has 8 heteroatoms. The quantitative estimate of drug-likeness (QED) is 0.352. The van der Waals surface area contributed by atoms with Gasteiger partial charge in [-0.3, -0.25) is 4.79 Å². The van der Waals surface area contributed by atoms with Gasteiger partial charge in [0.1, 0.15) is 6.33 Å². The fraction of sp³-hybridized carbons (Fsp3) is 0.286. The first-order chi connectivity index (χ1) is 17.4. The SMILES string of the molecule is Cc1nc2ncnn2c(C)c1CCC(=O)N1CC(c2ccccc2Cl)c2c([nH]c3ccccc23)C1C. The van der Waals surface area contributed by atoms with Crippen LogP contribution in [0.5, 0.6) is 0 Å². The molecule has 1 N–H and O–H groups in total. The molecule has 0 saturated carbocycles. The van der Waals surface area contributed by atoms with Crippen molar-refractivity contribution in [1.29, 1.82) is 0 Å². The van der Waals surface area contributed by atoms with Gasteiger partial charge in [0.15, 0.2) is 0 Å². The number of aryl methyl sites for hydroxylation is 2. The molecule has 6 rings (SSSR count). The van der Waals surface area contributed by atoms with Gasteiger partial charge in [-0.05, 0) is 56.0 Å². The van der Waals surface area contributed by atoms with Gasteiger partial charge in [-0.25, -0.2) is 9.50 Å². The number of rotatable bonds is 4. The van der Waals surface area contributed by atoms with E-state index in [1.165, 1.54) is 17.3 Å². The normalized spacial score (nSPS) is 17.6. The fourth-order valence-electron chi connectivity index (χ4n) is 5.71. The number of para-hydroxylation sites is 1. The molecule has 1 amide bonds. The third-order valence-corrected chi connectivity index (χ3v) is 7.91. The van der Waals surface area contributed by atoms with Gasteiger partial charge in [0, 0.05) is 51.9 Å². The van der Waals surface area contributed by atoms with Crippen LogP contribution in [0.3, 0.4) is 0 Å². The largest absolute Gasteiger partial charge is 0.356 e. The lowest BCUT2D eigenvalue weighted by atomic mass is 9.83. The number of aromatic nitrogens is 5. The van der Waals surface area contributed by atoms with Crippen LogP contribution in [-0.4, -0.2) is 41.9 Å². The van der Waals surface area contributed by atoms with Gasteiger partial charge in [0.25, 0.3) is 5.78 Å². The second kappa shape index (κ2) is 8.75. The molecule has 36 heavy (non-hydrogen) atoms. The van der Waals surface area contributed by atoms with Crippen LogP contribution in [0, 0.1) is 13.8 Å². The van der Waals surface area contributed by atoms with Crippen molar-refractivity contribution in [3.63, 3.8) is 0 Å². The van der Waals surface area contributed by atoms with E-state index in [2.05, 4.69) is 51.2 Å². The second-order valence-electron chi connectivity index (χ2n) is 9.53. The summed E-state index contributed by atoms with van der Waals surface area (Å²) < 4.78 is 1.74. The van der Waals surface area contributed by atoms with Crippen molar-refractivity contribution in [2.24, 2.45) is 0 Å². The molecular weight excluding hydrogens is 472 g/mol. The molecule has 5 aromatic rings. The lowest BCUT2D eigenvalue weighted by Crippen LogP contribution is -2.41. The number of hydrogen-bond acceptors (Lipinski definition) is 4. The predicted molar refractivity (Wildman–Crippen MR) is 140 cm³/mol. The Morgan fingerprint density at radius 2 is 1.92 bits per heavy atom. The van der Waals surface area contributed by atoms with Gasteiger partial charge in [0.2, 0.25) is 5.91 Å². The summed E-state index contributed by atoms with van der Waals surface area (Å²) in [7, 11) is 0. The highest BCUT2D eigenvalue weighted by atomic mass is 35.5. The van der Waals surface area contributed by atoms with Crippen LogP contribution in [0.2, 0.25) is 5.02 Å². The van der Waals surface area contributed by atoms with Crippen LogP contribution in [-0.2, 0) is 11.2 Å². The number of nitrogens with one attached hydrogen (secondary N) is 1. The van der Waals surface area contributed by atoms with E-state index in [1.54, 1.807) is 4.52 Å². The Morgan fingerprint density at radius 3 is 2.75 bits per heavy atom. The first-order valence-corrected chi connectivity index (χ1v) is 12.6. The zero-order chi connectivity index (χ0) is 25.0. The first kappa shape index (κ1) is 22.7. The van der Waals surface area contributed by atoms with Crippen molar-refractivity contribution in [2.75, 3.05) is 6.54 Å². The number of H-pyrrole nitrogens is 1. The number of aromatic amines is 1. The molecule has 4 heterocycles. The summed E-state index contributed by atoms with van der Waals surface area (Å²) in [6.07, 6.45) is 2.49. The molecule has 2 unspecified atom stereocenters. The maximum absolute atomic E-state index is 13.7. The summed E-state index contributed by atoms with van der Waals surface area (Å²) in [5.41, 5.74) is 7.35. The van der Waals surface area contributed by atoms with E-state index in [4.69, 9.17) is 11.6 Å². The maximum atomic E-state index is 13.7. The highest BCUT2D eigenvalue weighted by Gasteiger charge is 2.37. The van der Waals surface area contributed by atoms with E-state index >= 15 is 0 Å². The van der Waals surface area contributed by atoms with E-state index in [1.807, 2.05) is 43.0 Å². The number of nitrogens with zero attached hydrogens (tertiary/aromatic N) is 5. The standard InChI is InChI=1S/C28H27ClN6O/c1-16-19(17(2)35-28(32-16)30-15-31-35)12-13-25(36)34-14-22(20-8-4-6-10-23(20)29)26-21-9-5-7-11-24(21)33-27(26)18(34)3/h4-11,15,18,22,33H,12-14H2,1-3H3. The molecule has 1 aliphatic heterocycles. The molecule has 0 bridgehead atoms. The van der Waals surface area contributed by atoms with Crippen LogP contribution in [0.15, 0.2) is 54.9 Å². The summed E-state index contributed by atoms with van der Waals surface area (Å²) in [5, 5.41) is 6.19. The predicted octanol–water partition coefficient (Wildman–Crippen LogP) is 5.54. The Bertz CT molecular complexity index is 1620. The van der Waals surface area contributed by atoms with Crippen molar-refractivity contribution in [1.82, 2.24) is 29.5 Å². The molecule has 3 aromatic heterocycles. The average Bonchev–Trinajstić information content (AvgIpc) is 3.50. The minimum Gasteiger partial charge on any atom is -0.356 e. The van der Waals surface area contributed by atoms with Crippen molar-refractivity contribution < 1.29 is 4.79 Å². The summed E-state index contributed by atoms with van der Waals surface area (Å²) in [5.74, 6) is 0.682. The van der Waals surface area contributed by atoms with Gasteiger partial charge in [-0.15, -0.1) is 0 Å². The van der Waals surface area contributed by atoms with E-state index in [-0.39, 0.29) is 17.9 Å². The minimum atomic E-state index is -0.0725. The molecule has 0 aliphatic carbocycles. The number of hydrogen-bond donors (Lipinski definition) is 1. The van der Waals surface area contributed by atoms with Gasteiger partial charge >= 0.3 is 0 Å². The zero-order valence-corrected chi connectivity index (χ0v) is 21.3. The molecule has 0 radical (unpaired) electrons. The van der Waals surface area contributed by atoms with Crippen LogP contribution in [0.1, 0.15) is 59.1 Å². The van der Waals surface area contributed by atoms with Crippen molar-refractivity contribution in [3.8, 4) is 0 Å². The number of halogens is 1. The average molecular weight is 499 g/mol. The number of fused-ring (bicyclic) bond motifs is 4. The number of amides is 1. The summed E-state index contributed by atoms with van der Waals surface area (Å²) in [6, 6.07) is 16.2. The first-order valence-electron chi connectivity index (χ1n) is 12.2. The Labute approximate surface area is 214 Å². The number of carbonyl (C=O) groups is 1. The zero-order valence-electron chi connectivity index (χ0n) is 20.5. The Hall–Kier alpha value is -3.71. The van der Waals surface area contributed by atoms with E-state index in [9.17, 15) is 4.79 Å². The molecule has 2 atom stereocenters. The van der Waals surface area contributed by atoms with Crippen molar-refractivity contribution in [2.45, 2.75) is 45.6 Å². The van der Waals surface area contributed by atoms with E-state index < -0.39 is 0 Å². The number of carbonyl (C=O) groups excluding carboxylic acids is 1. The van der Waals surface area contributed by atoms with Crippen LogP contribution >= 0.6 is 11.6 Å². The Balaban J connectivity index is 1.35. The molecule has 0 spiro atoms. The summed E-state index contributed by atoms with van der Waals surface area (Å²) in [4.78, 5) is 28.1. The van der Waals surface area contributed by atoms with Gasteiger partial charge in [0.05, 0.1) is 6.04 Å². The van der Waals surface area contributed by atoms with E-state index in [0.717, 1.165) is 38.7 Å². The lowest BCUT2D eigenvalue weighted by molar-refractivity contribution is -0.134. The lowest BCUT2D eigenvalue weighted by Gasteiger charge is -2.39.